The molecule has 0 radical (unpaired) electrons. The van der Waals surface area contributed by atoms with Gasteiger partial charge in [-0.2, -0.15) is 0 Å². The van der Waals surface area contributed by atoms with E-state index in [0.29, 0.717) is 0 Å². The second-order valence-corrected chi connectivity index (χ2v) is 10.5. The fourth-order valence-electron chi connectivity index (χ4n) is 5.49. The normalized spacial score (nSPS) is 11.3. The van der Waals surface area contributed by atoms with Crippen molar-refractivity contribution in [1.82, 2.24) is 4.57 Å². The van der Waals surface area contributed by atoms with Crippen molar-refractivity contribution in [3.8, 4) is 39.1 Å². The first-order valence-corrected chi connectivity index (χ1v) is 13.6. The first kappa shape index (κ1) is 22.8. The lowest BCUT2D eigenvalue weighted by atomic mass is 9.91. The molecule has 0 N–H and O–H groups in total. The number of halogens is 1. The molecule has 0 saturated heterocycles. The average molecular weight is 550 g/mol. The maximum Gasteiger partial charge on any atom is 0.0547 e. The van der Waals surface area contributed by atoms with Crippen LogP contribution in [0.25, 0.3) is 60.9 Å². The molecule has 0 aliphatic heterocycles. The number of hydrogen-bond donors (Lipinski definition) is 0. The third-order valence-corrected chi connectivity index (χ3v) is 7.75. The SMILES string of the molecule is Brc1cccc(-c2ccc(-c3ccc4c5ccccc5n(-c5ccccc5)c4c3)cc2-c2ccccc2)c1. The van der Waals surface area contributed by atoms with E-state index in [1.807, 2.05) is 0 Å². The number of para-hydroxylation sites is 2. The fourth-order valence-corrected chi connectivity index (χ4v) is 5.89. The van der Waals surface area contributed by atoms with Gasteiger partial charge in [-0.05, 0) is 75.8 Å². The van der Waals surface area contributed by atoms with Crippen molar-refractivity contribution < 1.29 is 0 Å². The average Bonchev–Trinajstić information content (AvgIpc) is 3.31. The molecule has 7 rings (SSSR count). The summed E-state index contributed by atoms with van der Waals surface area (Å²) in [7, 11) is 0. The Morgan fingerprint density at radius 3 is 1.87 bits per heavy atom. The van der Waals surface area contributed by atoms with Crippen molar-refractivity contribution in [3.05, 3.63) is 150 Å². The largest absolute Gasteiger partial charge is 0.309 e. The van der Waals surface area contributed by atoms with Crippen LogP contribution in [0.15, 0.2) is 150 Å². The minimum atomic E-state index is 1.08. The van der Waals surface area contributed by atoms with E-state index >= 15 is 0 Å². The van der Waals surface area contributed by atoms with Crippen LogP contribution in [-0.4, -0.2) is 4.57 Å². The minimum Gasteiger partial charge on any atom is -0.309 e. The molecule has 6 aromatic carbocycles. The monoisotopic (exact) mass is 549 g/mol. The molecular weight excluding hydrogens is 526 g/mol. The molecule has 180 valence electrons. The number of rotatable bonds is 4. The van der Waals surface area contributed by atoms with Gasteiger partial charge in [-0.25, -0.2) is 0 Å². The van der Waals surface area contributed by atoms with E-state index in [0.717, 1.165) is 4.47 Å². The molecule has 1 heterocycles. The van der Waals surface area contributed by atoms with Gasteiger partial charge in [0.1, 0.15) is 0 Å². The highest BCUT2D eigenvalue weighted by Gasteiger charge is 2.15. The van der Waals surface area contributed by atoms with Crippen LogP contribution in [-0.2, 0) is 0 Å². The maximum atomic E-state index is 3.65. The smallest absolute Gasteiger partial charge is 0.0547 e. The van der Waals surface area contributed by atoms with Crippen LogP contribution in [0.5, 0.6) is 0 Å². The summed E-state index contributed by atoms with van der Waals surface area (Å²) in [4.78, 5) is 0. The summed E-state index contributed by atoms with van der Waals surface area (Å²) in [6, 6.07) is 52.2. The van der Waals surface area contributed by atoms with Gasteiger partial charge in [0.15, 0.2) is 0 Å². The predicted molar refractivity (Wildman–Crippen MR) is 165 cm³/mol. The van der Waals surface area contributed by atoms with Crippen molar-refractivity contribution >= 4 is 37.7 Å². The molecule has 2 heteroatoms. The number of fused-ring (bicyclic) bond motifs is 3. The van der Waals surface area contributed by atoms with Gasteiger partial charge in [0, 0.05) is 20.9 Å². The van der Waals surface area contributed by atoms with Gasteiger partial charge in [-0.1, -0.05) is 119 Å². The van der Waals surface area contributed by atoms with Gasteiger partial charge in [-0.15, -0.1) is 0 Å². The van der Waals surface area contributed by atoms with Crippen LogP contribution in [0.3, 0.4) is 0 Å². The Labute approximate surface area is 230 Å². The Bertz CT molecular complexity index is 1920. The molecule has 38 heavy (non-hydrogen) atoms. The van der Waals surface area contributed by atoms with Crippen molar-refractivity contribution in [2.24, 2.45) is 0 Å². The highest BCUT2D eigenvalue weighted by molar-refractivity contribution is 9.10. The third-order valence-electron chi connectivity index (χ3n) is 7.26. The van der Waals surface area contributed by atoms with Crippen LogP contribution >= 0.6 is 15.9 Å². The molecule has 0 unspecified atom stereocenters. The van der Waals surface area contributed by atoms with E-state index in [1.165, 1.54) is 60.9 Å². The molecule has 7 aromatic rings. The van der Waals surface area contributed by atoms with Gasteiger partial charge >= 0.3 is 0 Å². The molecule has 1 nitrogen and oxygen atoms in total. The first-order chi connectivity index (χ1) is 18.8. The Kier molecular flexibility index (Phi) is 5.68. The Morgan fingerprint density at radius 2 is 1.05 bits per heavy atom. The zero-order valence-corrected chi connectivity index (χ0v) is 22.3. The molecule has 0 fully saturated rings. The summed E-state index contributed by atoms with van der Waals surface area (Å²) in [6.45, 7) is 0. The Balaban J connectivity index is 1.45. The number of aromatic nitrogens is 1. The minimum absolute atomic E-state index is 1.08. The van der Waals surface area contributed by atoms with E-state index in [4.69, 9.17) is 0 Å². The van der Waals surface area contributed by atoms with Crippen LogP contribution in [0.2, 0.25) is 0 Å². The molecule has 0 spiro atoms. The quantitative estimate of drug-likeness (QED) is 0.205. The topological polar surface area (TPSA) is 4.93 Å². The van der Waals surface area contributed by atoms with Crippen LogP contribution in [0, 0.1) is 0 Å². The molecule has 1 aromatic heterocycles. The van der Waals surface area contributed by atoms with Crippen molar-refractivity contribution in [3.63, 3.8) is 0 Å². The summed E-state index contributed by atoms with van der Waals surface area (Å²) in [5.41, 5.74) is 10.9. The standard InChI is InChI=1S/C36H24BrN/c37-29-13-9-12-28(22-29)31-20-18-26(23-34(31)25-10-3-1-4-11-25)27-19-21-33-32-16-7-8-17-35(32)38(36(33)24-27)30-14-5-2-6-15-30/h1-24H. The molecule has 0 amide bonds. The highest BCUT2D eigenvalue weighted by Crippen LogP contribution is 2.39. The van der Waals surface area contributed by atoms with Crippen molar-refractivity contribution in [1.29, 1.82) is 0 Å². The number of benzene rings is 6. The van der Waals surface area contributed by atoms with Crippen LogP contribution in [0.1, 0.15) is 0 Å². The Morgan fingerprint density at radius 1 is 0.395 bits per heavy atom. The van der Waals surface area contributed by atoms with E-state index in [1.54, 1.807) is 0 Å². The lowest BCUT2D eigenvalue weighted by Crippen LogP contribution is -1.93. The summed E-state index contributed by atoms with van der Waals surface area (Å²) in [6.07, 6.45) is 0. The van der Waals surface area contributed by atoms with E-state index in [-0.39, 0.29) is 0 Å². The Hall–Kier alpha value is -4.40. The number of nitrogens with zero attached hydrogens (tertiary/aromatic N) is 1. The fraction of sp³-hybridized carbons (Fsp3) is 0. The third kappa shape index (κ3) is 3.95. The van der Waals surface area contributed by atoms with E-state index in [9.17, 15) is 0 Å². The van der Waals surface area contributed by atoms with Gasteiger partial charge in [0.25, 0.3) is 0 Å². The van der Waals surface area contributed by atoms with Crippen molar-refractivity contribution in [2.75, 3.05) is 0 Å². The summed E-state index contributed by atoms with van der Waals surface area (Å²) >= 11 is 3.65. The molecule has 0 aliphatic carbocycles. The maximum absolute atomic E-state index is 3.65. The zero-order chi connectivity index (χ0) is 25.5. The second-order valence-electron chi connectivity index (χ2n) is 9.56. The predicted octanol–water partition coefficient (Wildman–Crippen LogP) is 10.5. The van der Waals surface area contributed by atoms with E-state index in [2.05, 4.69) is 166 Å². The molecule has 0 atom stereocenters. The molecule has 0 aliphatic rings. The van der Waals surface area contributed by atoms with Crippen LogP contribution < -0.4 is 0 Å². The summed E-state index contributed by atoms with van der Waals surface area (Å²) in [5.74, 6) is 0. The lowest BCUT2D eigenvalue weighted by molar-refractivity contribution is 1.18. The van der Waals surface area contributed by atoms with Gasteiger partial charge in [-0.3, -0.25) is 0 Å². The van der Waals surface area contributed by atoms with E-state index < -0.39 is 0 Å². The van der Waals surface area contributed by atoms with Gasteiger partial charge in [0.2, 0.25) is 0 Å². The summed E-state index contributed by atoms with van der Waals surface area (Å²) in [5, 5.41) is 2.54. The second kappa shape index (κ2) is 9.48. The summed E-state index contributed by atoms with van der Waals surface area (Å²) < 4.78 is 3.46. The van der Waals surface area contributed by atoms with Crippen molar-refractivity contribution in [2.45, 2.75) is 0 Å². The molecule has 0 saturated carbocycles. The zero-order valence-electron chi connectivity index (χ0n) is 20.7. The number of hydrogen-bond acceptors (Lipinski definition) is 0. The van der Waals surface area contributed by atoms with Crippen LogP contribution in [0.4, 0.5) is 0 Å². The van der Waals surface area contributed by atoms with Gasteiger partial charge < -0.3 is 4.57 Å². The highest BCUT2D eigenvalue weighted by atomic mass is 79.9. The molecular formula is C36H24BrN. The first-order valence-electron chi connectivity index (χ1n) is 12.8. The van der Waals surface area contributed by atoms with Gasteiger partial charge in [0.05, 0.1) is 11.0 Å². The lowest BCUT2D eigenvalue weighted by Gasteiger charge is -2.14. The molecule has 0 bridgehead atoms.